The van der Waals surface area contributed by atoms with Gasteiger partial charge in [0.15, 0.2) is 0 Å². The molecule has 1 saturated heterocycles. The normalized spacial score (nSPS) is 22.9. The first-order valence-electron chi connectivity index (χ1n) is 4.21. The molecular formula is C9H11FN2. The highest BCUT2D eigenvalue weighted by molar-refractivity contribution is 5.18. The predicted octanol–water partition coefficient (Wildman–Crippen LogP) is 1.65. The van der Waals surface area contributed by atoms with E-state index in [0.717, 1.165) is 24.9 Å². The van der Waals surface area contributed by atoms with Crippen LogP contribution in [0, 0.1) is 5.82 Å². The molecule has 0 radical (unpaired) electrons. The van der Waals surface area contributed by atoms with Crippen molar-refractivity contribution in [2.45, 2.75) is 18.9 Å². The molecule has 2 nitrogen and oxygen atoms in total. The van der Waals surface area contributed by atoms with Crippen LogP contribution in [0.25, 0.3) is 0 Å². The quantitative estimate of drug-likeness (QED) is 0.686. The third-order valence-electron chi connectivity index (χ3n) is 2.24. The van der Waals surface area contributed by atoms with Crippen LogP contribution < -0.4 is 5.32 Å². The van der Waals surface area contributed by atoms with Crippen molar-refractivity contribution >= 4 is 0 Å². The van der Waals surface area contributed by atoms with E-state index >= 15 is 0 Å². The number of pyridine rings is 1. The van der Waals surface area contributed by atoms with E-state index in [9.17, 15) is 4.39 Å². The van der Waals surface area contributed by atoms with Crippen LogP contribution in [-0.2, 0) is 0 Å². The second kappa shape index (κ2) is 3.19. The predicted molar refractivity (Wildman–Crippen MR) is 44.2 cm³/mol. The maximum atomic E-state index is 13.1. The summed E-state index contributed by atoms with van der Waals surface area (Å²) < 4.78 is 13.1. The van der Waals surface area contributed by atoms with Gasteiger partial charge in [-0.05, 0) is 25.5 Å². The monoisotopic (exact) mass is 166 g/mol. The standard InChI is InChI=1S/C9H11FN2/c10-8-6-11-5-3-7(8)9-2-1-4-12-9/h3,5-6,9,12H,1-2,4H2/t9-/m1/s1. The van der Waals surface area contributed by atoms with E-state index in [-0.39, 0.29) is 11.9 Å². The molecule has 2 heterocycles. The highest BCUT2D eigenvalue weighted by Gasteiger charge is 2.18. The van der Waals surface area contributed by atoms with E-state index in [2.05, 4.69) is 10.3 Å². The molecule has 0 unspecified atom stereocenters. The van der Waals surface area contributed by atoms with Gasteiger partial charge in [-0.3, -0.25) is 4.98 Å². The first-order valence-corrected chi connectivity index (χ1v) is 4.21. The molecule has 1 aromatic heterocycles. The molecule has 1 fully saturated rings. The summed E-state index contributed by atoms with van der Waals surface area (Å²) in [6.45, 7) is 0.992. The van der Waals surface area contributed by atoms with Gasteiger partial charge in [-0.1, -0.05) is 0 Å². The van der Waals surface area contributed by atoms with Crippen LogP contribution in [0.1, 0.15) is 24.4 Å². The van der Waals surface area contributed by atoms with Gasteiger partial charge in [0.25, 0.3) is 0 Å². The lowest BCUT2D eigenvalue weighted by Crippen LogP contribution is -2.14. The van der Waals surface area contributed by atoms with Crippen LogP contribution >= 0.6 is 0 Å². The van der Waals surface area contributed by atoms with Gasteiger partial charge in [0.2, 0.25) is 0 Å². The lowest BCUT2D eigenvalue weighted by molar-refractivity contribution is 0.554. The molecule has 0 amide bonds. The van der Waals surface area contributed by atoms with Gasteiger partial charge in [-0.15, -0.1) is 0 Å². The van der Waals surface area contributed by atoms with Crippen LogP contribution in [0.2, 0.25) is 0 Å². The van der Waals surface area contributed by atoms with Gasteiger partial charge in [-0.25, -0.2) is 4.39 Å². The first kappa shape index (κ1) is 7.68. The summed E-state index contributed by atoms with van der Waals surface area (Å²) in [5.41, 5.74) is 0.752. The highest BCUT2D eigenvalue weighted by Crippen LogP contribution is 2.24. The molecule has 1 aliphatic rings. The maximum Gasteiger partial charge on any atom is 0.146 e. The average Bonchev–Trinajstić information content (AvgIpc) is 2.57. The Morgan fingerprint density at radius 2 is 2.50 bits per heavy atom. The van der Waals surface area contributed by atoms with Crippen molar-refractivity contribution in [2.24, 2.45) is 0 Å². The largest absolute Gasteiger partial charge is 0.310 e. The van der Waals surface area contributed by atoms with E-state index in [1.807, 2.05) is 0 Å². The number of aromatic nitrogens is 1. The molecular weight excluding hydrogens is 155 g/mol. The van der Waals surface area contributed by atoms with Crippen molar-refractivity contribution in [3.63, 3.8) is 0 Å². The fourth-order valence-corrected chi connectivity index (χ4v) is 1.62. The minimum Gasteiger partial charge on any atom is -0.310 e. The molecule has 12 heavy (non-hydrogen) atoms. The molecule has 0 aromatic carbocycles. The first-order chi connectivity index (χ1) is 5.88. The fraction of sp³-hybridized carbons (Fsp3) is 0.444. The highest BCUT2D eigenvalue weighted by atomic mass is 19.1. The van der Waals surface area contributed by atoms with Crippen LogP contribution in [0.15, 0.2) is 18.5 Å². The summed E-state index contributed by atoms with van der Waals surface area (Å²) in [4.78, 5) is 3.71. The van der Waals surface area contributed by atoms with Crippen molar-refractivity contribution in [2.75, 3.05) is 6.54 Å². The Bertz CT molecular complexity index is 269. The van der Waals surface area contributed by atoms with Crippen LogP contribution in [0.3, 0.4) is 0 Å². The van der Waals surface area contributed by atoms with Gasteiger partial charge in [0, 0.05) is 17.8 Å². The molecule has 1 aromatic rings. The second-order valence-electron chi connectivity index (χ2n) is 3.05. The molecule has 0 spiro atoms. The minimum atomic E-state index is -0.197. The third-order valence-corrected chi connectivity index (χ3v) is 2.24. The molecule has 0 bridgehead atoms. The lowest BCUT2D eigenvalue weighted by atomic mass is 10.1. The van der Waals surface area contributed by atoms with E-state index in [0.29, 0.717) is 0 Å². The van der Waals surface area contributed by atoms with Gasteiger partial charge in [0.1, 0.15) is 5.82 Å². The fourth-order valence-electron chi connectivity index (χ4n) is 1.62. The van der Waals surface area contributed by atoms with E-state index in [4.69, 9.17) is 0 Å². The third kappa shape index (κ3) is 1.32. The van der Waals surface area contributed by atoms with E-state index in [1.165, 1.54) is 6.20 Å². The number of nitrogens with one attached hydrogen (secondary N) is 1. The van der Waals surface area contributed by atoms with Gasteiger partial charge in [0.05, 0.1) is 6.20 Å². The number of hydrogen-bond donors (Lipinski definition) is 1. The van der Waals surface area contributed by atoms with Crippen LogP contribution in [0.4, 0.5) is 4.39 Å². The van der Waals surface area contributed by atoms with Gasteiger partial charge >= 0.3 is 0 Å². The molecule has 64 valence electrons. The average molecular weight is 166 g/mol. The molecule has 0 saturated carbocycles. The molecule has 1 N–H and O–H groups in total. The smallest absolute Gasteiger partial charge is 0.146 e. The molecule has 1 atom stereocenters. The SMILES string of the molecule is Fc1cnccc1[C@H]1CCCN1. The van der Waals surface area contributed by atoms with E-state index in [1.54, 1.807) is 12.3 Å². The summed E-state index contributed by atoms with van der Waals surface area (Å²) in [5, 5.41) is 3.25. The summed E-state index contributed by atoms with van der Waals surface area (Å²) in [5.74, 6) is -0.197. The molecule has 1 aliphatic heterocycles. The van der Waals surface area contributed by atoms with Crippen LogP contribution in [0.5, 0.6) is 0 Å². The Kier molecular flexibility index (Phi) is 2.04. The summed E-state index contributed by atoms with van der Waals surface area (Å²) in [6.07, 6.45) is 5.07. The summed E-state index contributed by atoms with van der Waals surface area (Å²) >= 11 is 0. The Morgan fingerprint density at radius 1 is 1.58 bits per heavy atom. The topological polar surface area (TPSA) is 24.9 Å². The number of nitrogens with zero attached hydrogens (tertiary/aromatic N) is 1. The van der Waals surface area contributed by atoms with Crippen molar-refractivity contribution < 1.29 is 4.39 Å². The summed E-state index contributed by atoms with van der Waals surface area (Å²) in [6, 6.07) is 1.95. The Hall–Kier alpha value is -0.960. The van der Waals surface area contributed by atoms with E-state index < -0.39 is 0 Å². The van der Waals surface area contributed by atoms with Crippen molar-refractivity contribution in [1.29, 1.82) is 0 Å². The van der Waals surface area contributed by atoms with Crippen molar-refractivity contribution in [1.82, 2.24) is 10.3 Å². The molecule has 3 heteroatoms. The zero-order valence-electron chi connectivity index (χ0n) is 6.76. The summed E-state index contributed by atoms with van der Waals surface area (Å²) in [7, 11) is 0. The zero-order chi connectivity index (χ0) is 8.39. The van der Waals surface area contributed by atoms with Crippen molar-refractivity contribution in [3.8, 4) is 0 Å². The Balaban J connectivity index is 2.26. The van der Waals surface area contributed by atoms with Gasteiger partial charge in [-0.2, -0.15) is 0 Å². The lowest BCUT2D eigenvalue weighted by Gasteiger charge is -2.10. The second-order valence-corrected chi connectivity index (χ2v) is 3.05. The Morgan fingerprint density at radius 3 is 3.17 bits per heavy atom. The molecule has 0 aliphatic carbocycles. The number of hydrogen-bond acceptors (Lipinski definition) is 2. The maximum absolute atomic E-state index is 13.1. The van der Waals surface area contributed by atoms with Gasteiger partial charge < -0.3 is 5.32 Å². The molecule has 2 rings (SSSR count). The minimum absolute atomic E-state index is 0.197. The van der Waals surface area contributed by atoms with Crippen molar-refractivity contribution in [3.05, 3.63) is 29.8 Å². The Labute approximate surface area is 70.8 Å². The number of rotatable bonds is 1. The zero-order valence-corrected chi connectivity index (χ0v) is 6.76. The van der Waals surface area contributed by atoms with Crippen LogP contribution in [-0.4, -0.2) is 11.5 Å². The number of halogens is 1.